The lowest BCUT2D eigenvalue weighted by Gasteiger charge is -2.21. The number of unbranched alkanes of at least 4 members (excludes halogenated alkanes) is 24. The highest BCUT2D eigenvalue weighted by Crippen LogP contribution is 2.45. The molecule has 3 N–H and O–H groups in total. The number of hydrogen-bond donors (Lipinski definition) is 3. The van der Waals surface area contributed by atoms with Gasteiger partial charge in [-0.2, -0.15) is 0 Å². The maximum atomic E-state index is 13.1. The molecule has 5 unspecified atom stereocenters. The average Bonchev–Trinajstić information content (AvgIpc) is 0.906. The minimum absolute atomic E-state index is 0.0342. The molecule has 0 spiro atoms. The smallest absolute Gasteiger partial charge is 0.462 e. The van der Waals surface area contributed by atoms with Gasteiger partial charge in [0, 0.05) is 25.7 Å². The zero-order valence-corrected chi connectivity index (χ0v) is 70.4. The van der Waals surface area contributed by atoms with Crippen molar-refractivity contribution in [3.63, 3.8) is 0 Å². The van der Waals surface area contributed by atoms with E-state index in [1.807, 2.05) is 0 Å². The second kappa shape index (κ2) is 81.4. The van der Waals surface area contributed by atoms with Crippen molar-refractivity contribution in [3.05, 3.63) is 170 Å². The van der Waals surface area contributed by atoms with E-state index in [0.717, 1.165) is 218 Å². The molecule has 0 aliphatic heterocycles. The Morgan fingerprint density at radius 1 is 0.264 bits per heavy atom. The van der Waals surface area contributed by atoms with Crippen molar-refractivity contribution >= 4 is 39.5 Å². The summed E-state index contributed by atoms with van der Waals surface area (Å²) in [6, 6.07) is 0. The van der Waals surface area contributed by atoms with E-state index in [1.54, 1.807) is 0 Å². The predicted molar refractivity (Wildman–Crippen MR) is 454 cm³/mol. The summed E-state index contributed by atoms with van der Waals surface area (Å²) in [5.74, 6) is -2.27. The zero-order chi connectivity index (χ0) is 80.3. The first-order chi connectivity index (χ1) is 53.7. The van der Waals surface area contributed by atoms with E-state index >= 15 is 0 Å². The molecule has 0 aliphatic rings. The van der Waals surface area contributed by atoms with Gasteiger partial charge in [0.2, 0.25) is 0 Å². The van der Waals surface area contributed by atoms with Gasteiger partial charge in [-0.3, -0.25) is 37.3 Å². The fraction of sp³-hybridized carbons (Fsp3) is 0.648. The van der Waals surface area contributed by atoms with Crippen LogP contribution in [0.1, 0.15) is 323 Å². The summed E-state index contributed by atoms with van der Waals surface area (Å²) in [4.78, 5) is 73.3. The lowest BCUT2D eigenvalue weighted by Crippen LogP contribution is -2.30. The number of aliphatic hydroxyl groups excluding tert-OH is 1. The molecule has 5 atom stereocenters. The SMILES string of the molecule is CC/C=C\C/C=C\C/C=C\C/C=C\CCCCCCCCC(=O)OCC(COP(=O)(O)OCC(O)COP(=O)(O)OCC(COC(=O)CCCCCCCC/C=C\C/C=C\C/C=C\CCCCC)OC(=O)CCCC/C=C\C/C=C\C/C=C\C/C=C\CC)OC(=O)CCCCCCCCC/C=C\C/C=C\C/C=C\CC. The number of carbonyl (C=O) groups excluding carboxylic acids is 4. The van der Waals surface area contributed by atoms with Gasteiger partial charge in [-0.25, -0.2) is 9.13 Å². The number of allylic oxidation sites excluding steroid dienone is 28. The summed E-state index contributed by atoms with van der Waals surface area (Å²) < 4.78 is 68.8. The van der Waals surface area contributed by atoms with Crippen LogP contribution in [0, 0.1) is 0 Å². The van der Waals surface area contributed by atoms with Crippen LogP contribution in [0.4, 0.5) is 0 Å². The molecule has 0 aromatic rings. The van der Waals surface area contributed by atoms with Crippen LogP contribution in [0.25, 0.3) is 0 Å². The van der Waals surface area contributed by atoms with Gasteiger partial charge in [0.05, 0.1) is 26.4 Å². The summed E-state index contributed by atoms with van der Waals surface area (Å²) in [6.07, 6.45) is 97.4. The van der Waals surface area contributed by atoms with Crippen LogP contribution in [0.3, 0.4) is 0 Å². The van der Waals surface area contributed by atoms with Gasteiger partial charge >= 0.3 is 39.5 Å². The van der Waals surface area contributed by atoms with Crippen molar-refractivity contribution in [2.75, 3.05) is 39.6 Å². The Hall–Kier alpha value is -5.58. The molecule has 0 aromatic heterocycles. The number of phosphoric ester groups is 2. The lowest BCUT2D eigenvalue weighted by molar-refractivity contribution is -0.161. The maximum absolute atomic E-state index is 13.1. The van der Waals surface area contributed by atoms with Gasteiger partial charge in [-0.15, -0.1) is 0 Å². The molecule has 19 heteroatoms. The predicted octanol–water partition coefficient (Wildman–Crippen LogP) is 25.3. The largest absolute Gasteiger partial charge is 0.472 e. The molecular weight excluding hydrogens is 1430 g/mol. The number of ether oxygens (including phenoxy) is 4. The third-order valence-electron chi connectivity index (χ3n) is 17.2. The van der Waals surface area contributed by atoms with Crippen LogP contribution in [-0.2, 0) is 65.4 Å². The second-order valence-electron chi connectivity index (χ2n) is 27.6. The van der Waals surface area contributed by atoms with E-state index in [-0.39, 0.29) is 25.7 Å². The van der Waals surface area contributed by atoms with E-state index < -0.39 is 97.5 Å². The first-order valence-electron chi connectivity index (χ1n) is 42.4. The quantitative estimate of drug-likeness (QED) is 0.0169. The Labute approximate surface area is 667 Å². The molecule has 0 bridgehead atoms. The van der Waals surface area contributed by atoms with E-state index in [4.69, 9.17) is 37.0 Å². The van der Waals surface area contributed by atoms with Crippen LogP contribution in [0.2, 0.25) is 0 Å². The monoisotopic (exact) mass is 1580 g/mol. The summed E-state index contributed by atoms with van der Waals surface area (Å²) in [5.41, 5.74) is 0. The first kappa shape index (κ1) is 104. The Kier molecular flexibility index (Phi) is 77.3. The molecule has 0 aliphatic carbocycles. The van der Waals surface area contributed by atoms with Crippen molar-refractivity contribution in [1.29, 1.82) is 0 Å². The van der Waals surface area contributed by atoms with Gasteiger partial charge in [0.25, 0.3) is 0 Å². The van der Waals surface area contributed by atoms with Crippen LogP contribution >= 0.6 is 15.6 Å². The number of rotatable bonds is 78. The molecule has 0 rings (SSSR count). The van der Waals surface area contributed by atoms with Gasteiger partial charge in [-0.05, 0) is 173 Å². The molecule has 0 amide bonds. The standard InChI is InChI=1S/C91H150O17P2/c1-5-9-13-17-21-25-29-33-37-40-42-45-48-51-55-59-63-67-71-75-88(93)101-81-86(107-90(95)77-73-69-65-61-57-53-47-36-32-28-24-20-16-12-8-4)83-105-109(97,98)103-79-85(92)80-104-110(99,100)106-84-87(108-91(96)78-74-70-66-62-58-54-50-44-39-35-31-27-23-19-15-11-7-3)82-102-89(94)76-72-68-64-60-56-52-49-46-43-41-38-34-30-26-22-18-14-10-6-2/h10-12,14-16,21-28,33-39,42-43,45-47,57,61,85-87,92H,5-9,13,17-20,29-32,40-41,44,48-56,58-60,62-84H2,1-4H3,(H,97,98)(H,99,100)/b14-10-,15-11-,16-12-,25-21-,26-22-,27-23-,28-24-,37-33-,38-34-,39-35-,45-42-,46-43-,47-36-,61-57-. The third-order valence-corrected chi connectivity index (χ3v) is 19.1. The highest BCUT2D eigenvalue weighted by Gasteiger charge is 2.30. The van der Waals surface area contributed by atoms with Crippen molar-refractivity contribution in [1.82, 2.24) is 0 Å². The Morgan fingerprint density at radius 3 is 0.745 bits per heavy atom. The molecule has 0 heterocycles. The number of phosphoric acid groups is 2. The molecule has 0 saturated heterocycles. The minimum Gasteiger partial charge on any atom is -0.462 e. The van der Waals surface area contributed by atoms with Gasteiger partial charge in [0.1, 0.15) is 19.3 Å². The molecule has 626 valence electrons. The lowest BCUT2D eigenvalue weighted by atomic mass is 10.1. The number of hydrogen-bond acceptors (Lipinski definition) is 15. The van der Waals surface area contributed by atoms with Crippen molar-refractivity contribution in [2.24, 2.45) is 0 Å². The van der Waals surface area contributed by atoms with E-state index in [1.165, 1.54) is 19.3 Å². The number of esters is 4. The highest BCUT2D eigenvalue weighted by molar-refractivity contribution is 7.47. The topological polar surface area (TPSA) is 237 Å². The molecule has 110 heavy (non-hydrogen) atoms. The van der Waals surface area contributed by atoms with Crippen LogP contribution < -0.4 is 0 Å². The van der Waals surface area contributed by atoms with Crippen molar-refractivity contribution in [3.8, 4) is 0 Å². The number of aliphatic hydroxyl groups is 1. The molecule has 17 nitrogen and oxygen atoms in total. The van der Waals surface area contributed by atoms with Crippen LogP contribution in [0.15, 0.2) is 170 Å². The van der Waals surface area contributed by atoms with Gasteiger partial charge in [-0.1, -0.05) is 294 Å². The summed E-state index contributed by atoms with van der Waals surface area (Å²) >= 11 is 0. The highest BCUT2D eigenvalue weighted by atomic mass is 31.2. The van der Waals surface area contributed by atoms with Gasteiger partial charge < -0.3 is 33.8 Å². The minimum atomic E-state index is -5.00. The van der Waals surface area contributed by atoms with E-state index in [0.29, 0.717) is 32.1 Å². The molecule has 0 aromatic carbocycles. The Balaban J connectivity index is 5.44. The van der Waals surface area contributed by atoms with Crippen molar-refractivity contribution in [2.45, 2.75) is 341 Å². The normalized spacial score (nSPS) is 14.6. The fourth-order valence-electron chi connectivity index (χ4n) is 10.8. The third kappa shape index (κ3) is 80.5. The molecule has 0 radical (unpaired) electrons. The van der Waals surface area contributed by atoms with Crippen LogP contribution in [0.5, 0.6) is 0 Å². The number of carbonyl (C=O) groups is 4. The van der Waals surface area contributed by atoms with E-state index in [9.17, 15) is 43.2 Å². The molecule has 0 saturated carbocycles. The van der Waals surface area contributed by atoms with Crippen molar-refractivity contribution < 1.29 is 80.2 Å². The Morgan fingerprint density at radius 2 is 0.473 bits per heavy atom. The molecular formula is C91H150O17P2. The molecule has 0 fully saturated rings. The van der Waals surface area contributed by atoms with Gasteiger partial charge in [0.15, 0.2) is 12.2 Å². The second-order valence-corrected chi connectivity index (χ2v) is 30.5. The van der Waals surface area contributed by atoms with Crippen LogP contribution in [-0.4, -0.2) is 96.7 Å². The zero-order valence-electron chi connectivity index (χ0n) is 68.6. The fourth-order valence-corrected chi connectivity index (χ4v) is 12.4. The maximum Gasteiger partial charge on any atom is 0.472 e. The summed E-state index contributed by atoms with van der Waals surface area (Å²) in [7, 11) is -10.0. The summed E-state index contributed by atoms with van der Waals surface area (Å²) in [5, 5.41) is 10.7. The van der Waals surface area contributed by atoms with E-state index in [2.05, 4.69) is 198 Å². The first-order valence-corrected chi connectivity index (χ1v) is 45.4. The summed E-state index contributed by atoms with van der Waals surface area (Å²) in [6.45, 7) is 4.44. The average molecular weight is 1580 g/mol. The Bertz CT molecular complexity index is 2750.